The van der Waals surface area contributed by atoms with Crippen molar-refractivity contribution >= 4 is 23.2 Å². The normalized spacial score (nSPS) is 25.4. The fourth-order valence-electron chi connectivity index (χ4n) is 3.52. The lowest BCUT2D eigenvalue weighted by Crippen LogP contribution is -2.21. The van der Waals surface area contributed by atoms with Gasteiger partial charge in [-0.3, -0.25) is 0 Å². The molecule has 116 valence electrons. The zero-order valence-electron chi connectivity index (χ0n) is 12.6. The SMILES string of the molecule is CC1(C)CCCC1C(Cl)c1cc2c(cc1Cl)OCCCO2. The number of rotatable bonds is 2. The van der Waals surface area contributed by atoms with Gasteiger partial charge in [0.1, 0.15) is 0 Å². The van der Waals surface area contributed by atoms with E-state index in [1.807, 2.05) is 12.1 Å². The smallest absolute Gasteiger partial charge is 0.162 e. The molecule has 2 nitrogen and oxygen atoms in total. The molecule has 21 heavy (non-hydrogen) atoms. The molecule has 0 N–H and O–H groups in total. The van der Waals surface area contributed by atoms with Crippen molar-refractivity contribution in [3.8, 4) is 11.5 Å². The van der Waals surface area contributed by atoms with Crippen LogP contribution < -0.4 is 9.47 Å². The number of hydrogen-bond acceptors (Lipinski definition) is 2. The lowest BCUT2D eigenvalue weighted by atomic mass is 9.78. The van der Waals surface area contributed by atoms with Crippen molar-refractivity contribution in [3.63, 3.8) is 0 Å². The summed E-state index contributed by atoms with van der Waals surface area (Å²) in [5.74, 6) is 1.95. The molecule has 2 unspecified atom stereocenters. The van der Waals surface area contributed by atoms with Crippen LogP contribution in [0, 0.1) is 11.3 Å². The van der Waals surface area contributed by atoms with Crippen molar-refractivity contribution in [2.24, 2.45) is 11.3 Å². The van der Waals surface area contributed by atoms with Gasteiger partial charge in [0.2, 0.25) is 0 Å². The molecule has 0 radical (unpaired) electrons. The van der Waals surface area contributed by atoms with Crippen LogP contribution in [0.3, 0.4) is 0 Å². The minimum Gasteiger partial charge on any atom is -0.490 e. The second kappa shape index (κ2) is 5.89. The molecule has 1 aromatic carbocycles. The van der Waals surface area contributed by atoms with Crippen LogP contribution in [0.25, 0.3) is 0 Å². The number of hydrogen-bond donors (Lipinski definition) is 0. The van der Waals surface area contributed by atoms with E-state index in [0.29, 0.717) is 24.2 Å². The molecular weight excluding hydrogens is 307 g/mol. The Morgan fingerprint density at radius 1 is 1.14 bits per heavy atom. The summed E-state index contributed by atoms with van der Waals surface area (Å²) in [6, 6.07) is 3.84. The summed E-state index contributed by atoms with van der Waals surface area (Å²) in [5, 5.41) is 0.606. The Morgan fingerprint density at radius 2 is 1.81 bits per heavy atom. The van der Waals surface area contributed by atoms with E-state index in [0.717, 1.165) is 29.9 Å². The van der Waals surface area contributed by atoms with E-state index in [1.54, 1.807) is 0 Å². The van der Waals surface area contributed by atoms with Gasteiger partial charge in [-0.2, -0.15) is 0 Å². The first kappa shape index (κ1) is 15.3. The van der Waals surface area contributed by atoms with Crippen LogP contribution in [-0.2, 0) is 0 Å². The quantitative estimate of drug-likeness (QED) is 0.657. The summed E-state index contributed by atoms with van der Waals surface area (Å²) in [7, 11) is 0. The van der Waals surface area contributed by atoms with Gasteiger partial charge in [0.25, 0.3) is 0 Å². The summed E-state index contributed by atoms with van der Waals surface area (Å²) < 4.78 is 11.4. The van der Waals surface area contributed by atoms with Gasteiger partial charge in [0.05, 0.1) is 18.6 Å². The molecular formula is C17H22Cl2O2. The van der Waals surface area contributed by atoms with Crippen molar-refractivity contribution < 1.29 is 9.47 Å². The maximum Gasteiger partial charge on any atom is 0.162 e. The molecule has 0 bridgehead atoms. The lowest BCUT2D eigenvalue weighted by Gasteiger charge is -2.31. The van der Waals surface area contributed by atoms with Crippen molar-refractivity contribution in [1.29, 1.82) is 0 Å². The molecule has 1 aliphatic carbocycles. The van der Waals surface area contributed by atoms with Crippen LogP contribution in [0.5, 0.6) is 11.5 Å². The van der Waals surface area contributed by atoms with E-state index in [4.69, 9.17) is 32.7 Å². The summed E-state index contributed by atoms with van der Waals surface area (Å²) in [6.07, 6.45) is 4.51. The maximum absolute atomic E-state index is 6.80. The molecule has 3 rings (SSSR count). The summed E-state index contributed by atoms with van der Waals surface area (Å²) in [5.41, 5.74) is 1.24. The van der Waals surface area contributed by atoms with Crippen LogP contribution >= 0.6 is 23.2 Å². The number of benzene rings is 1. The van der Waals surface area contributed by atoms with Crippen molar-refractivity contribution in [1.82, 2.24) is 0 Å². The fourth-order valence-corrected chi connectivity index (χ4v) is 4.50. The molecule has 4 heteroatoms. The Morgan fingerprint density at radius 3 is 2.43 bits per heavy atom. The minimum absolute atomic E-state index is 0.0767. The van der Waals surface area contributed by atoms with Gasteiger partial charge in [-0.1, -0.05) is 31.9 Å². The van der Waals surface area contributed by atoms with Crippen LogP contribution in [0.15, 0.2) is 12.1 Å². The third kappa shape index (κ3) is 2.98. The third-order valence-electron chi connectivity index (χ3n) is 4.86. The third-order valence-corrected chi connectivity index (χ3v) is 5.72. The first-order chi connectivity index (χ1) is 9.99. The average molecular weight is 329 g/mol. The Hall–Kier alpha value is -0.600. The number of alkyl halides is 1. The van der Waals surface area contributed by atoms with Crippen LogP contribution in [0.1, 0.15) is 50.5 Å². The van der Waals surface area contributed by atoms with E-state index in [9.17, 15) is 0 Å². The predicted octanol–water partition coefficient (Wildman–Crippen LogP) is 5.61. The number of halogens is 2. The fraction of sp³-hybridized carbons (Fsp3) is 0.647. The molecule has 1 aromatic rings. The van der Waals surface area contributed by atoms with Crippen molar-refractivity contribution in [2.45, 2.75) is 44.9 Å². The van der Waals surface area contributed by atoms with Crippen molar-refractivity contribution in [2.75, 3.05) is 13.2 Å². The van der Waals surface area contributed by atoms with Gasteiger partial charge in [-0.05, 0) is 35.8 Å². The first-order valence-corrected chi connectivity index (χ1v) is 8.53. The van der Waals surface area contributed by atoms with Gasteiger partial charge in [0.15, 0.2) is 11.5 Å². The second-order valence-corrected chi connectivity index (χ2v) is 7.64. The molecule has 2 atom stereocenters. The first-order valence-electron chi connectivity index (χ1n) is 7.72. The molecule has 0 aromatic heterocycles. The molecule has 2 aliphatic rings. The summed E-state index contributed by atoms with van der Waals surface area (Å²) in [4.78, 5) is 0. The van der Waals surface area contributed by atoms with E-state index in [-0.39, 0.29) is 10.8 Å². The highest BCUT2D eigenvalue weighted by Crippen LogP contribution is 2.53. The zero-order chi connectivity index (χ0) is 15.0. The maximum atomic E-state index is 6.80. The van der Waals surface area contributed by atoms with Gasteiger partial charge in [-0.15, -0.1) is 11.6 Å². The lowest BCUT2D eigenvalue weighted by molar-refractivity contribution is 0.251. The molecule has 0 amide bonds. The highest BCUT2D eigenvalue weighted by molar-refractivity contribution is 6.33. The largest absolute Gasteiger partial charge is 0.490 e. The highest BCUT2D eigenvalue weighted by atomic mass is 35.5. The van der Waals surface area contributed by atoms with Crippen LogP contribution in [0.2, 0.25) is 5.02 Å². The molecule has 1 fully saturated rings. The monoisotopic (exact) mass is 328 g/mol. The Labute approximate surface area is 136 Å². The topological polar surface area (TPSA) is 18.5 Å². The molecule has 0 spiro atoms. The molecule has 1 heterocycles. The molecule has 0 saturated heterocycles. The number of fused-ring (bicyclic) bond motifs is 1. The van der Waals surface area contributed by atoms with Gasteiger partial charge in [-0.25, -0.2) is 0 Å². The van der Waals surface area contributed by atoms with E-state index in [1.165, 1.54) is 12.8 Å². The average Bonchev–Trinajstić information content (AvgIpc) is 2.65. The van der Waals surface area contributed by atoms with Gasteiger partial charge in [0, 0.05) is 17.5 Å². The molecule has 1 saturated carbocycles. The molecule has 1 aliphatic heterocycles. The summed E-state index contributed by atoms with van der Waals surface area (Å²) >= 11 is 13.3. The Bertz CT molecular complexity index is 528. The van der Waals surface area contributed by atoms with E-state index >= 15 is 0 Å². The standard InChI is InChI=1S/C17H22Cl2O2/c1-17(2)6-3-5-12(17)16(19)11-9-14-15(10-13(11)18)21-8-4-7-20-14/h9-10,12,16H,3-8H2,1-2H3. The van der Waals surface area contributed by atoms with Gasteiger partial charge >= 0.3 is 0 Å². The Kier molecular flexibility index (Phi) is 4.29. The van der Waals surface area contributed by atoms with Gasteiger partial charge < -0.3 is 9.47 Å². The van der Waals surface area contributed by atoms with E-state index < -0.39 is 0 Å². The zero-order valence-corrected chi connectivity index (χ0v) is 14.1. The summed E-state index contributed by atoms with van der Waals surface area (Å²) in [6.45, 7) is 5.95. The minimum atomic E-state index is -0.0767. The number of ether oxygens (including phenoxy) is 2. The van der Waals surface area contributed by atoms with Crippen LogP contribution in [0.4, 0.5) is 0 Å². The predicted molar refractivity (Wildman–Crippen MR) is 86.8 cm³/mol. The Balaban J connectivity index is 1.93. The van der Waals surface area contributed by atoms with Crippen molar-refractivity contribution in [3.05, 3.63) is 22.7 Å². The van der Waals surface area contributed by atoms with Crippen LogP contribution in [-0.4, -0.2) is 13.2 Å². The second-order valence-electron chi connectivity index (χ2n) is 6.76. The van der Waals surface area contributed by atoms with E-state index in [2.05, 4.69) is 13.8 Å². The highest BCUT2D eigenvalue weighted by Gasteiger charge is 2.40.